The van der Waals surface area contributed by atoms with Gasteiger partial charge in [-0.1, -0.05) is 32.0 Å². The summed E-state index contributed by atoms with van der Waals surface area (Å²) in [6.07, 6.45) is 4.15. The van der Waals surface area contributed by atoms with Crippen LogP contribution in [-0.2, 0) is 6.54 Å². The van der Waals surface area contributed by atoms with Gasteiger partial charge in [-0.2, -0.15) is 5.10 Å². The molecule has 0 bridgehead atoms. The lowest BCUT2D eigenvalue weighted by molar-refractivity contribution is 0.518. The lowest BCUT2D eigenvalue weighted by Crippen LogP contribution is -2.21. The highest BCUT2D eigenvalue weighted by Crippen LogP contribution is 2.24. The van der Waals surface area contributed by atoms with E-state index in [-0.39, 0.29) is 0 Å². The third-order valence-electron chi connectivity index (χ3n) is 3.65. The van der Waals surface area contributed by atoms with E-state index in [0.717, 1.165) is 19.5 Å². The average Bonchev–Trinajstić information content (AvgIpc) is 2.97. The van der Waals surface area contributed by atoms with Crippen molar-refractivity contribution in [2.75, 3.05) is 6.54 Å². The van der Waals surface area contributed by atoms with Crippen LogP contribution in [0, 0.1) is 0 Å². The quantitative estimate of drug-likeness (QED) is 0.824. The van der Waals surface area contributed by atoms with E-state index in [4.69, 9.17) is 0 Å². The first-order valence-corrected chi connectivity index (χ1v) is 7.65. The number of hydrogen-bond donors (Lipinski definition) is 1. The Hall–Kier alpha value is -1.61. The molecule has 1 aromatic carbocycles. The van der Waals surface area contributed by atoms with Crippen LogP contribution in [0.1, 0.15) is 45.2 Å². The van der Waals surface area contributed by atoms with Crippen molar-refractivity contribution in [3.63, 3.8) is 0 Å². The van der Waals surface area contributed by atoms with Gasteiger partial charge in [0.15, 0.2) is 0 Å². The monoisotopic (exact) mass is 271 g/mol. The van der Waals surface area contributed by atoms with Crippen LogP contribution in [0.2, 0.25) is 0 Å². The third-order valence-corrected chi connectivity index (χ3v) is 3.65. The van der Waals surface area contributed by atoms with Crippen LogP contribution in [0.25, 0.3) is 11.3 Å². The second-order valence-electron chi connectivity index (χ2n) is 5.07. The first kappa shape index (κ1) is 14.8. The molecule has 1 N–H and O–H groups in total. The fraction of sp³-hybridized carbons (Fsp3) is 0.471. The molecule has 0 spiro atoms. The summed E-state index contributed by atoms with van der Waals surface area (Å²) in [5.41, 5.74) is 3.81. The molecule has 0 aliphatic rings. The number of nitrogens with zero attached hydrogens (tertiary/aromatic N) is 2. The summed E-state index contributed by atoms with van der Waals surface area (Å²) in [7, 11) is 0. The minimum absolute atomic E-state index is 0.438. The van der Waals surface area contributed by atoms with Crippen molar-refractivity contribution in [1.82, 2.24) is 15.1 Å². The summed E-state index contributed by atoms with van der Waals surface area (Å²) >= 11 is 0. The molecule has 108 valence electrons. The van der Waals surface area contributed by atoms with E-state index in [1.807, 2.05) is 10.9 Å². The van der Waals surface area contributed by atoms with Gasteiger partial charge in [0.2, 0.25) is 0 Å². The van der Waals surface area contributed by atoms with E-state index in [1.54, 1.807) is 0 Å². The second-order valence-corrected chi connectivity index (χ2v) is 5.07. The van der Waals surface area contributed by atoms with E-state index in [9.17, 15) is 0 Å². The maximum atomic E-state index is 4.36. The van der Waals surface area contributed by atoms with Crippen molar-refractivity contribution in [2.24, 2.45) is 0 Å². The predicted octanol–water partition coefficient (Wildman–Crippen LogP) is 4.02. The summed E-state index contributed by atoms with van der Waals surface area (Å²) in [6.45, 7) is 8.53. The molecule has 0 fully saturated rings. The van der Waals surface area contributed by atoms with Gasteiger partial charge < -0.3 is 5.32 Å². The normalized spacial score (nSPS) is 12.6. The molecule has 1 aromatic heterocycles. The molecule has 0 amide bonds. The van der Waals surface area contributed by atoms with E-state index in [0.29, 0.717) is 6.04 Å². The van der Waals surface area contributed by atoms with E-state index >= 15 is 0 Å². The molecule has 0 radical (unpaired) electrons. The van der Waals surface area contributed by atoms with Crippen molar-refractivity contribution in [3.8, 4) is 11.3 Å². The number of aromatic nitrogens is 2. The van der Waals surface area contributed by atoms with Crippen LogP contribution in [0.5, 0.6) is 0 Å². The summed E-state index contributed by atoms with van der Waals surface area (Å²) < 4.78 is 2.04. The van der Waals surface area contributed by atoms with Gasteiger partial charge in [-0.15, -0.1) is 0 Å². The van der Waals surface area contributed by atoms with Crippen molar-refractivity contribution in [3.05, 3.63) is 42.1 Å². The summed E-state index contributed by atoms with van der Waals surface area (Å²) in [6, 6.07) is 11.3. The molecule has 3 nitrogen and oxygen atoms in total. The second kappa shape index (κ2) is 7.25. The van der Waals surface area contributed by atoms with Crippen molar-refractivity contribution in [1.29, 1.82) is 0 Å². The summed E-state index contributed by atoms with van der Waals surface area (Å²) in [5.74, 6) is 0. The fourth-order valence-electron chi connectivity index (χ4n) is 2.56. The van der Waals surface area contributed by atoms with Crippen LogP contribution < -0.4 is 5.32 Å². The first-order valence-electron chi connectivity index (χ1n) is 7.65. The van der Waals surface area contributed by atoms with Crippen molar-refractivity contribution < 1.29 is 0 Å². The molecule has 0 aliphatic heterocycles. The maximum Gasteiger partial charge on any atom is 0.0682 e. The number of nitrogens with one attached hydrogen (secondary N) is 1. The van der Waals surface area contributed by atoms with E-state index in [1.165, 1.54) is 23.2 Å². The van der Waals surface area contributed by atoms with Gasteiger partial charge in [0.05, 0.1) is 5.69 Å². The molecule has 0 aliphatic carbocycles. The Morgan fingerprint density at radius 1 is 1.20 bits per heavy atom. The minimum Gasteiger partial charge on any atom is -0.310 e. The van der Waals surface area contributed by atoms with Gasteiger partial charge in [-0.3, -0.25) is 4.68 Å². The molecule has 1 atom stereocenters. The Morgan fingerprint density at radius 2 is 2.05 bits per heavy atom. The fourth-order valence-corrected chi connectivity index (χ4v) is 2.56. The van der Waals surface area contributed by atoms with Crippen LogP contribution >= 0.6 is 0 Å². The topological polar surface area (TPSA) is 29.9 Å². The standard InChI is InChI=1S/C17H25N3/c1-4-11-18-16(5-2)14-8-7-9-15(13-14)17-10-12-19-20(17)6-3/h7-10,12-13,16,18H,4-6,11H2,1-3H3. The van der Waals surface area contributed by atoms with Crippen molar-refractivity contribution in [2.45, 2.75) is 46.2 Å². The number of hydrogen-bond acceptors (Lipinski definition) is 2. The number of aryl methyl sites for hydroxylation is 1. The van der Waals surface area contributed by atoms with Crippen molar-refractivity contribution >= 4 is 0 Å². The Balaban J connectivity index is 2.27. The molecule has 0 saturated carbocycles. The van der Waals surface area contributed by atoms with Gasteiger partial charge >= 0.3 is 0 Å². The molecule has 3 heteroatoms. The maximum absolute atomic E-state index is 4.36. The number of benzene rings is 1. The predicted molar refractivity (Wildman–Crippen MR) is 84.7 cm³/mol. The molecular weight excluding hydrogens is 246 g/mol. The molecule has 1 heterocycles. The Kier molecular flexibility index (Phi) is 5.36. The Bertz CT molecular complexity index is 531. The van der Waals surface area contributed by atoms with Crippen LogP contribution in [0.4, 0.5) is 0 Å². The van der Waals surface area contributed by atoms with Crippen LogP contribution in [-0.4, -0.2) is 16.3 Å². The molecule has 1 unspecified atom stereocenters. The zero-order chi connectivity index (χ0) is 14.4. The lowest BCUT2D eigenvalue weighted by atomic mass is 10.0. The van der Waals surface area contributed by atoms with Crippen LogP contribution in [0.15, 0.2) is 36.5 Å². The Labute approximate surface area is 122 Å². The smallest absolute Gasteiger partial charge is 0.0682 e. The van der Waals surface area contributed by atoms with Gasteiger partial charge in [0.25, 0.3) is 0 Å². The average molecular weight is 271 g/mol. The van der Waals surface area contributed by atoms with Crippen LogP contribution in [0.3, 0.4) is 0 Å². The molecule has 2 rings (SSSR count). The zero-order valence-corrected chi connectivity index (χ0v) is 12.8. The SMILES string of the molecule is CCCNC(CC)c1cccc(-c2ccnn2CC)c1. The van der Waals surface area contributed by atoms with Gasteiger partial charge in [0.1, 0.15) is 0 Å². The molecule has 20 heavy (non-hydrogen) atoms. The first-order chi connectivity index (χ1) is 9.80. The van der Waals surface area contributed by atoms with E-state index in [2.05, 4.69) is 61.5 Å². The Morgan fingerprint density at radius 3 is 2.75 bits per heavy atom. The summed E-state index contributed by atoms with van der Waals surface area (Å²) in [4.78, 5) is 0. The van der Waals surface area contributed by atoms with Gasteiger partial charge in [-0.25, -0.2) is 0 Å². The lowest BCUT2D eigenvalue weighted by Gasteiger charge is -2.18. The largest absolute Gasteiger partial charge is 0.310 e. The highest BCUT2D eigenvalue weighted by Gasteiger charge is 2.10. The highest BCUT2D eigenvalue weighted by molar-refractivity contribution is 5.60. The molecular formula is C17H25N3. The van der Waals surface area contributed by atoms with Gasteiger partial charge in [-0.05, 0) is 44.0 Å². The van der Waals surface area contributed by atoms with Gasteiger partial charge in [0, 0.05) is 24.3 Å². The highest BCUT2D eigenvalue weighted by atomic mass is 15.3. The third kappa shape index (κ3) is 3.28. The minimum atomic E-state index is 0.438. The summed E-state index contributed by atoms with van der Waals surface area (Å²) in [5, 5.41) is 7.97. The molecule has 2 aromatic rings. The molecule has 0 saturated heterocycles. The zero-order valence-electron chi connectivity index (χ0n) is 12.8. The number of rotatable bonds is 7. The van der Waals surface area contributed by atoms with E-state index < -0.39 is 0 Å².